The highest BCUT2D eigenvalue weighted by Crippen LogP contribution is 2.18. The maximum absolute atomic E-state index is 12.6. The zero-order valence-electron chi connectivity index (χ0n) is 12.9. The normalized spacial score (nSPS) is 12.3. The highest BCUT2D eigenvalue weighted by atomic mass is 32.2. The summed E-state index contributed by atoms with van der Waals surface area (Å²) < 4.78 is 53.3. The Hall–Kier alpha value is -1.49. The van der Waals surface area contributed by atoms with Crippen molar-refractivity contribution in [2.45, 2.75) is 30.1 Å². The van der Waals surface area contributed by atoms with E-state index in [1.807, 2.05) is 0 Å². The number of carbonyl (C=O) groups excluding carboxylic acids is 1. The molecule has 0 heterocycles. The van der Waals surface area contributed by atoms with E-state index in [2.05, 4.69) is 0 Å². The lowest BCUT2D eigenvalue weighted by atomic mass is 10.4. The van der Waals surface area contributed by atoms with Crippen molar-refractivity contribution in [1.29, 1.82) is 0 Å². The number of benzene rings is 1. The van der Waals surface area contributed by atoms with Crippen LogP contribution in [0.2, 0.25) is 0 Å². The molecule has 0 aliphatic heterocycles. The number of nitrogens with zero attached hydrogens (tertiary/aromatic N) is 1. The molecule has 0 unspecified atom stereocenters. The molecular formula is C13H20N2O6S2. The summed E-state index contributed by atoms with van der Waals surface area (Å²) in [6.45, 7) is 3.29. The van der Waals surface area contributed by atoms with Gasteiger partial charge in [0.2, 0.25) is 20.0 Å². The SMILES string of the molecule is CCCN(CC(=O)OCC)S(=O)(=O)c1ccc(S(N)(=O)=O)cc1. The van der Waals surface area contributed by atoms with Crippen LogP contribution >= 0.6 is 0 Å². The van der Waals surface area contributed by atoms with Gasteiger partial charge in [-0.2, -0.15) is 4.31 Å². The number of hydrogen-bond donors (Lipinski definition) is 1. The first-order valence-electron chi connectivity index (χ1n) is 6.91. The van der Waals surface area contributed by atoms with Crippen LogP contribution < -0.4 is 5.14 Å². The van der Waals surface area contributed by atoms with E-state index in [1.165, 1.54) is 0 Å². The first-order chi connectivity index (χ1) is 10.6. The Balaban J connectivity index is 3.12. The Morgan fingerprint density at radius 1 is 1.09 bits per heavy atom. The summed E-state index contributed by atoms with van der Waals surface area (Å²) >= 11 is 0. The molecule has 0 spiro atoms. The maximum Gasteiger partial charge on any atom is 0.321 e. The van der Waals surface area contributed by atoms with Gasteiger partial charge in [-0.1, -0.05) is 6.92 Å². The molecule has 8 nitrogen and oxygen atoms in total. The van der Waals surface area contributed by atoms with Crippen molar-refractivity contribution in [2.24, 2.45) is 5.14 Å². The summed E-state index contributed by atoms with van der Waals surface area (Å²) in [5.74, 6) is -0.648. The number of hydrogen-bond acceptors (Lipinski definition) is 6. The summed E-state index contributed by atoms with van der Waals surface area (Å²) in [5, 5.41) is 4.97. The minimum atomic E-state index is -3.94. The van der Waals surface area contributed by atoms with E-state index >= 15 is 0 Å². The maximum atomic E-state index is 12.6. The summed E-state index contributed by atoms with van der Waals surface area (Å²) in [4.78, 5) is 11.3. The Bertz CT molecular complexity index is 741. The molecule has 2 N–H and O–H groups in total. The molecule has 0 bridgehead atoms. The molecule has 130 valence electrons. The van der Waals surface area contributed by atoms with Crippen LogP contribution in [0.3, 0.4) is 0 Å². The van der Waals surface area contributed by atoms with Crippen LogP contribution in [0.5, 0.6) is 0 Å². The van der Waals surface area contributed by atoms with Gasteiger partial charge in [0.1, 0.15) is 6.54 Å². The third-order valence-corrected chi connectivity index (χ3v) is 5.66. The van der Waals surface area contributed by atoms with Crippen molar-refractivity contribution in [2.75, 3.05) is 19.7 Å². The predicted octanol–water partition coefficient (Wildman–Crippen LogP) is 0.298. The fourth-order valence-electron chi connectivity index (χ4n) is 1.83. The van der Waals surface area contributed by atoms with E-state index in [0.29, 0.717) is 6.42 Å². The van der Waals surface area contributed by atoms with E-state index in [-0.39, 0.29) is 22.9 Å². The fourth-order valence-corrected chi connectivity index (χ4v) is 3.83. The van der Waals surface area contributed by atoms with Gasteiger partial charge >= 0.3 is 5.97 Å². The Labute approximate surface area is 136 Å². The van der Waals surface area contributed by atoms with Crippen LogP contribution in [-0.2, 0) is 29.6 Å². The lowest BCUT2D eigenvalue weighted by Gasteiger charge is -2.20. The van der Waals surface area contributed by atoms with E-state index in [0.717, 1.165) is 28.6 Å². The molecular weight excluding hydrogens is 344 g/mol. The molecule has 0 fully saturated rings. The summed E-state index contributed by atoms with van der Waals surface area (Å²) in [6, 6.07) is 4.50. The molecule has 0 aliphatic rings. The van der Waals surface area contributed by atoms with Crippen LogP contribution in [0.1, 0.15) is 20.3 Å². The van der Waals surface area contributed by atoms with E-state index in [4.69, 9.17) is 9.88 Å². The lowest BCUT2D eigenvalue weighted by molar-refractivity contribution is -0.143. The number of carbonyl (C=O) groups is 1. The van der Waals surface area contributed by atoms with Gasteiger partial charge in [-0.25, -0.2) is 22.0 Å². The van der Waals surface area contributed by atoms with E-state index < -0.39 is 32.6 Å². The van der Waals surface area contributed by atoms with Crippen LogP contribution in [0.25, 0.3) is 0 Å². The van der Waals surface area contributed by atoms with Gasteiger partial charge in [0.05, 0.1) is 16.4 Å². The number of ether oxygens (including phenoxy) is 1. The van der Waals surface area contributed by atoms with E-state index in [9.17, 15) is 21.6 Å². The van der Waals surface area contributed by atoms with Crippen LogP contribution in [-0.4, -0.2) is 46.8 Å². The zero-order valence-corrected chi connectivity index (χ0v) is 14.6. The number of nitrogens with two attached hydrogens (primary N) is 1. The smallest absolute Gasteiger partial charge is 0.321 e. The summed E-state index contributed by atoms with van der Waals surface area (Å²) in [7, 11) is -7.85. The van der Waals surface area contributed by atoms with Crippen molar-refractivity contribution < 1.29 is 26.4 Å². The highest BCUT2D eigenvalue weighted by Gasteiger charge is 2.26. The topological polar surface area (TPSA) is 124 Å². The second-order valence-corrected chi connectivity index (χ2v) is 8.16. The average Bonchev–Trinajstić information content (AvgIpc) is 2.46. The average molecular weight is 364 g/mol. The molecule has 0 amide bonds. The zero-order chi connectivity index (χ0) is 17.7. The van der Waals surface area contributed by atoms with Gasteiger partial charge in [-0.15, -0.1) is 0 Å². The van der Waals surface area contributed by atoms with Crippen LogP contribution in [0, 0.1) is 0 Å². The van der Waals surface area contributed by atoms with Gasteiger partial charge < -0.3 is 4.74 Å². The molecule has 1 aromatic carbocycles. The second kappa shape index (κ2) is 7.86. The Morgan fingerprint density at radius 2 is 1.61 bits per heavy atom. The predicted molar refractivity (Wildman–Crippen MR) is 83.5 cm³/mol. The monoisotopic (exact) mass is 364 g/mol. The first kappa shape index (κ1) is 19.6. The van der Waals surface area contributed by atoms with Crippen LogP contribution in [0.4, 0.5) is 0 Å². The Morgan fingerprint density at radius 3 is 2.04 bits per heavy atom. The largest absolute Gasteiger partial charge is 0.465 e. The molecule has 0 aromatic heterocycles. The van der Waals surface area contributed by atoms with Gasteiger partial charge in [0, 0.05) is 6.54 Å². The molecule has 0 saturated carbocycles. The molecule has 1 rings (SSSR count). The molecule has 23 heavy (non-hydrogen) atoms. The second-order valence-electron chi connectivity index (χ2n) is 4.66. The number of rotatable bonds is 8. The minimum absolute atomic E-state index is 0.123. The molecule has 10 heteroatoms. The van der Waals surface area contributed by atoms with Crippen LogP contribution in [0.15, 0.2) is 34.1 Å². The van der Waals surface area contributed by atoms with Gasteiger partial charge in [-0.05, 0) is 37.6 Å². The van der Waals surface area contributed by atoms with Crippen molar-refractivity contribution in [3.8, 4) is 0 Å². The fraction of sp³-hybridized carbons (Fsp3) is 0.462. The highest BCUT2D eigenvalue weighted by molar-refractivity contribution is 7.89. The third kappa shape index (κ3) is 5.27. The van der Waals surface area contributed by atoms with Crippen molar-refractivity contribution >= 4 is 26.0 Å². The van der Waals surface area contributed by atoms with Gasteiger partial charge in [0.15, 0.2) is 0 Å². The van der Waals surface area contributed by atoms with E-state index in [1.54, 1.807) is 13.8 Å². The van der Waals surface area contributed by atoms with Gasteiger partial charge in [0.25, 0.3) is 0 Å². The minimum Gasteiger partial charge on any atom is -0.465 e. The first-order valence-corrected chi connectivity index (χ1v) is 9.90. The quantitative estimate of drug-likeness (QED) is 0.662. The summed E-state index contributed by atoms with van der Waals surface area (Å²) in [6.07, 6.45) is 0.508. The molecule has 0 aliphatic carbocycles. The lowest BCUT2D eigenvalue weighted by Crippen LogP contribution is -2.37. The molecule has 1 aromatic rings. The third-order valence-electron chi connectivity index (χ3n) is 2.87. The number of primary sulfonamides is 1. The molecule has 0 saturated heterocycles. The van der Waals surface area contributed by atoms with Crippen molar-refractivity contribution in [3.63, 3.8) is 0 Å². The number of esters is 1. The molecule has 0 atom stereocenters. The summed E-state index contributed by atoms with van der Waals surface area (Å²) in [5.41, 5.74) is 0. The standard InChI is InChI=1S/C13H20N2O6S2/c1-3-9-15(10-13(16)21-4-2)23(19,20)12-7-5-11(6-8-12)22(14,17)18/h5-8H,3-4,9-10H2,1-2H3,(H2,14,17,18). The number of sulfonamides is 2. The van der Waals surface area contributed by atoms with Gasteiger partial charge in [-0.3, -0.25) is 4.79 Å². The Kier molecular flexibility index (Phi) is 6.69. The van der Waals surface area contributed by atoms with Crippen molar-refractivity contribution in [3.05, 3.63) is 24.3 Å². The molecule has 0 radical (unpaired) electrons. The van der Waals surface area contributed by atoms with Crippen molar-refractivity contribution in [1.82, 2.24) is 4.31 Å².